The molecule has 1 nitrogen and oxygen atoms in total. The second kappa shape index (κ2) is 4.61. The normalized spacial score (nSPS) is 13.1. The summed E-state index contributed by atoms with van der Waals surface area (Å²) in [6.45, 7) is 3.55. The van der Waals surface area contributed by atoms with Crippen LogP contribution in [0, 0.1) is 0 Å². The second-order valence-corrected chi connectivity index (χ2v) is 3.02. The molecule has 0 aliphatic heterocycles. The summed E-state index contributed by atoms with van der Waals surface area (Å²) in [5, 5.41) is 0. The molecular formula is C12H14O. The Morgan fingerprint density at radius 1 is 1.31 bits per heavy atom. The number of allylic oxidation sites excluding steroid dienone is 2. The minimum Gasteiger partial charge on any atom is -0.299 e. The van der Waals surface area contributed by atoms with Crippen LogP contribution in [0.25, 0.3) is 0 Å². The average Bonchev–Trinajstić information content (AvgIpc) is 2.15. The van der Waals surface area contributed by atoms with E-state index in [1.54, 1.807) is 6.92 Å². The van der Waals surface area contributed by atoms with Crippen LogP contribution in [0.15, 0.2) is 42.5 Å². The monoisotopic (exact) mass is 174 g/mol. The molecule has 0 aliphatic carbocycles. The predicted molar refractivity (Wildman–Crippen MR) is 54.7 cm³/mol. The molecule has 0 aromatic heterocycles. The van der Waals surface area contributed by atoms with Crippen LogP contribution in [-0.2, 0) is 4.79 Å². The zero-order valence-electron chi connectivity index (χ0n) is 8.03. The first kappa shape index (κ1) is 9.72. The minimum atomic E-state index is -0.0776. The molecule has 1 rings (SSSR count). The third-order valence-corrected chi connectivity index (χ3v) is 1.98. The van der Waals surface area contributed by atoms with Crippen molar-refractivity contribution in [2.75, 3.05) is 0 Å². The Hall–Kier alpha value is -1.37. The Morgan fingerprint density at radius 2 is 1.92 bits per heavy atom. The van der Waals surface area contributed by atoms with Gasteiger partial charge in [0.05, 0.1) is 5.92 Å². The van der Waals surface area contributed by atoms with Crippen molar-refractivity contribution >= 4 is 5.78 Å². The summed E-state index contributed by atoms with van der Waals surface area (Å²) >= 11 is 0. The highest BCUT2D eigenvalue weighted by molar-refractivity contribution is 5.85. The maximum absolute atomic E-state index is 11.3. The van der Waals surface area contributed by atoms with Crippen LogP contribution in [0.3, 0.4) is 0 Å². The summed E-state index contributed by atoms with van der Waals surface area (Å²) in [6.07, 6.45) is 3.84. The van der Waals surface area contributed by atoms with Gasteiger partial charge in [-0.15, -0.1) is 0 Å². The summed E-state index contributed by atoms with van der Waals surface area (Å²) in [4.78, 5) is 11.3. The minimum absolute atomic E-state index is 0.0776. The summed E-state index contributed by atoms with van der Waals surface area (Å²) in [7, 11) is 0. The molecule has 0 amide bonds. The average molecular weight is 174 g/mol. The molecule has 0 radical (unpaired) electrons. The van der Waals surface area contributed by atoms with Gasteiger partial charge in [-0.2, -0.15) is 0 Å². The Labute approximate surface area is 79.1 Å². The van der Waals surface area contributed by atoms with Crippen LogP contribution in [0.1, 0.15) is 25.3 Å². The molecular weight excluding hydrogens is 160 g/mol. The highest BCUT2D eigenvalue weighted by Crippen LogP contribution is 2.17. The van der Waals surface area contributed by atoms with E-state index in [2.05, 4.69) is 0 Å². The molecule has 1 aromatic rings. The van der Waals surface area contributed by atoms with Crippen LogP contribution in [-0.4, -0.2) is 5.78 Å². The molecule has 0 saturated heterocycles. The highest BCUT2D eigenvalue weighted by Gasteiger charge is 2.11. The van der Waals surface area contributed by atoms with Gasteiger partial charge in [0.25, 0.3) is 0 Å². The van der Waals surface area contributed by atoms with E-state index in [-0.39, 0.29) is 11.7 Å². The van der Waals surface area contributed by atoms with Gasteiger partial charge in [-0.25, -0.2) is 0 Å². The van der Waals surface area contributed by atoms with Crippen molar-refractivity contribution in [3.8, 4) is 0 Å². The molecule has 0 N–H and O–H groups in total. The maximum atomic E-state index is 11.3. The molecule has 0 aliphatic rings. The molecule has 1 atom stereocenters. The van der Waals surface area contributed by atoms with Gasteiger partial charge in [-0.1, -0.05) is 42.5 Å². The number of carbonyl (C=O) groups excluding carboxylic acids is 1. The van der Waals surface area contributed by atoms with Crippen molar-refractivity contribution < 1.29 is 4.79 Å². The summed E-state index contributed by atoms with van der Waals surface area (Å²) in [5.74, 6) is 0.107. The van der Waals surface area contributed by atoms with Crippen LogP contribution in [0.2, 0.25) is 0 Å². The van der Waals surface area contributed by atoms with Crippen LogP contribution < -0.4 is 0 Å². The zero-order chi connectivity index (χ0) is 9.68. The standard InChI is InChI=1S/C12H14O/c1-3-7-12(10(2)13)11-8-5-4-6-9-11/h3-9,12H,1-2H3/b7-3+/t12-/m0/s1. The van der Waals surface area contributed by atoms with Gasteiger partial charge in [0.2, 0.25) is 0 Å². The van der Waals surface area contributed by atoms with E-state index in [4.69, 9.17) is 0 Å². The first-order valence-corrected chi connectivity index (χ1v) is 4.44. The van der Waals surface area contributed by atoms with E-state index in [1.165, 1.54) is 0 Å². The highest BCUT2D eigenvalue weighted by atomic mass is 16.1. The number of hydrogen-bond acceptors (Lipinski definition) is 1. The SMILES string of the molecule is C/C=C/[C@@H](C(C)=O)c1ccccc1. The van der Waals surface area contributed by atoms with E-state index in [1.807, 2.05) is 49.4 Å². The number of ketones is 1. The van der Waals surface area contributed by atoms with Crippen molar-refractivity contribution in [1.82, 2.24) is 0 Å². The van der Waals surface area contributed by atoms with E-state index >= 15 is 0 Å². The van der Waals surface area contributed by atoms with Crippen molar-refractivity contribution in [2.24, 2.45) is 0 Å². The lowest BCUT2D eigenvalue weighted by molar-refractivity contribution is -0.117. The van der Waals surface area contributed by atoms with Crippen LogP contribution in [0.5, 0.6) is 0 Å². The Morgan fingerprint density at radius 3 is 2.38 bits per heavy atom. The van der Waals surface area contributed by atoms with Gasteiger partial charge in [-0.05, 0) is 19.4 Å². The molecule has 0 saturated carbocycles. The molecule has 1 heteroatoms. The quantitative estimate of drug-likeness (QED) is 0.644. The molecule has 0 bridgehead atoms. The summed E-state index contributed by atoms with van der Waals surface area (Å²) < 4.78 is 0. The predicted octanol–water partition coefficient (Wildman–Crippen LogP) is 2.94. The van der Waals surface area contributed by atoms with Gasteiger partial charge < -0.3 is 0 Å². The molecule has 0 unspecified atom stereocenters. The van der Waals surface area contributed by atoms with Crippen LogP contribution >= 0.6 is 0 Å². The molecule has 0 heterocycles. The number of rotatable bonds is 3. The number of benzene rings is 1. The van der Waals surface area contributed by atoms with Crippen molar-refractivity contribution in [1.29, 1.82) is 0 Å². The Kier molecular flexibility index (Phi) is 3.44. The summed E-state index contributed by atoms with van der Waals surface area (Å²) in [5.41, 5.74) is 1.06. The van der Waals surface area contributed by atoms with Crippen molar-refractivity contribution in [2.45, 2.75) is 19.8 Å². The van der Waals surface area contributed by atoms with E-state index < -0.39 is 0 Å². The van der Waals surface area contributed by atoms with Gasteiger partial charge in [0, 0.05) is 0 Å². The van der Waals surface area contributed by atoms with Gasteiger partial charge in [-0.3, -0.25) is 4.79 Å². The number of Topliss-reactive ketones (excluding diaryl/α,β-unsaturated/α-hetero) is 1. The number of carbonyl (C=O) groups is 1. The van der Waals surface area contributed by atoms with E-state index in [9.17, 15) is 4.79 Å². The van der Waals surface area contributed by atoms with E-state index in [0.717, 1.165) is 5.56 Å². The fourth-order valence-corrected chi connectivity index (χ4v) is 1.33. The van der Waals surface area contributed by atoms with Gasteiger partial charge in [0.1, 0.15) is 5.78 Å². The lowest BCUT2D eigenvalue weighted by Gasteiger charge is -2.08. The topological polar surface area (TPSA) is 17.1 Å². The maximum Gasteiger partial charge on any atom is 0.141 e. The third kappa shape index (κ3) is 2.55. The van der Waals surface area contributed by atoms with Gasteiger partial charge in [0.15, 0.2) is 0 Å². The first-order valence-electron chi connectivity index (χ1n) is 4.44. The third-order valence-electron chi connectivity index (χ3n) is 1.98. The molecule has 1 aromatic carbocycles. The largest absolute Gasteiger partial charge is 0.299 e. The lowest BCUT2D eigenvalue weighted by Crippen LogP contribution is -2.05. The molecule has 0 fully saturated rings. The first-order chi connectivity index (χ1) is 6.25. The fourth-order valence-electron chi connectivity index (χ4n) is 1.33. The molecule has 0 spiro atoms. The van der Waals surface area contributed by atoms with Gasteiger partial charge >= 0.3 is 0 Å². The molecule has 13 heavy (non-hydrogen) atoms. The second-order valence-electron chi connectivity index (χ2n) is 3.02. The van der Waals surface area contributed by atoms with E-state index in [0.29, 0.717) is 0 Å². The Bertz CT molecular complexity index is 298. The molecule has 68 valence electrons. The Balaban J connectivity index is 2.96. The van der Waals surface area contributed by atoms with Crippen LogP contribution in [0.4, 0.5) is 0 Å². The zero-order valence-corrected chi connectivity index (χ0v) is 8.03. The van der Waals surface area contributed by atoms with Crippen molar-refractivity contribution in [3.63, 3.8) is 0 Å². The van der Waals surface area contributed by atoms with Crippen molar-refractivity contribution in [3.05, 3.63) is 48.0 Å². The fraction of sp³-hybridized carbons (Fsp3) is 0.250. The number of hydrogen-bond donors (Lipinski definition) is 0. The smallest absolute Gasteiger partial charge is 0.141 e. The lowest BCUT2D eigenvalue weighted by atomic mass is 9.95. The summed E-state index contributed by atoms with van der Waals surface area (Å²) in [6, 6.07) is 9.82.